The topological polar surface area (TPSA) is 49.9 Å². The molecule has 0 aliphatic carbocycles. The third-order valence-electron chi connectivity index (χ3n) is 3.78. The van der Waals surface area contributed by atoms with Crippen LogP contribution < -0.4 is 0 Å². The van der Waals surface area contributed by atoms with Gasteiger partial charge in [-0.1, -0.05) is 11.6 Å². The summed E-state index contributed by atoms with van der Waals surface area (Å²) in [6.45, 7) is 4.43. The van der Waals surface area contributed by atoms with Crippen molar-refractivity contribution in [1.29, 1.82) is 0 Å². The highest BCUT2D eigenvalue weighted by Gasteiger charge is 2.24. The number of thioether (sulfide) groups is 1. The maximum Gasteiger partial charge on any atom is 0.409 e. The molecule has 24 heavy (non-hydrogen) atoms. The van der Waals surface area contributed by atoms with Gasteiger partial charge in [-0.2, -0.15) is 0 Å². The Bertz CT molecular complexity index is 545. The normalized spacial score (nSPS) is 14.6. The van der Waals surface area contributed by atoms with Gasteiger partial charge in [0.05, 0.1) is 6.61 Å². The molecule has 0 atom stereocenters. The van der Waals surface area contributed by atoms with Gasteiger partial charge in [0.25, 0.3) is 0 Å². The zero-order chi connectivity index (χ0) is 17.4. The molecule has 1 aliphatic heterocycles. The molecule has 1 heterocycles. The quantitative estimate of drug-likeness (QED) is 0.568. The van der Waals surface area contributed by atoms with Crippen molar-refractivity contribution in [2.24, 2.45) is 0 Å². The van der Waals surface area contributed by atoms with E-state index in [2.05, 4.69) is 0 Å². The van der Waals surface area contributed by atoms with Crippen LogP contribution in [0.2, 0.25) is 5.02 Å². The van der Waals surface area contributed by atoms with E-state index in [0.29, 0.717) is 39.2 Å². The summed E-state index contributed by atoms with van der Waals surface area (Å²) >= 11 is 7.58. The van der Waals surface area contributed by atoms with E-state index in [-0.39, 0.29) is 12.0 Å². The molecule has 0 radical (unpaired) electrons. The van der Waals surface area contributed by atoms with Gasteiger partial charge in [0, 0.05) is 42.5 Å². The predicted octanol–water partition coefficient (Wildman–Crippen LogP) is 3.51. The Hall–Kier alpha value is -1.40. The van der Waals surface area contributed by atoms with Crippen molar-refractivity contribution in [2.45, 2.75) is 24.7 Å². The smallest absolute Gasteiger partial charge is 0.409 e. The Morgan fingerprint density at radius 3 is 2.38 bits per heavy atom. The first-order chi connectivity index (χ1) is 11.6. The van der Waals surface area contributed by atoms with Gasteiger partial charge in [0.1, 0.15) is 0 Å². The number of nitrogens with zero attached hydrogens (tertiary/aromatic N) is 2. The molecule has 0 saturated carbocycles. The number of rotatable bonds is 6. The number of ether oxygens (including phenoxy) is 1. The molecule has 0 unspecified atom stereocenters. The number of carbonyl (C=O) groups is 2. The predicted molar refractivity (Wildman–Crippen MR) is 96.6 cm³/mol. The average molecular weight is 371 g/mol. The molecule has 0 bridgehead atoms. The van der Waals surface area contributed by atoms with Crippen LogP contribution >= 0.6 is 23.4 Å². The maximum atomic E-state index is 12.2. The third-order valence-corrected chi connectivity index (χ3v) is 5.13. The minimum atomic E-state index is -0.288. The molecule has 0 spiro atoms. The molecule has 1 saturated heterocycles. The van der Waals surface area contributed by atoms with Gasteiger partial charge >= 0.3 is 6.09 Å². The molecule has 0 aromatic heterocycles. The van der Waals surface area contributed by atoms with Gasteiger partial charge in [0.2, 0.25) is 5.91 Å². The lowest BCUT2D eigenvalue weighted by molar-refractivity contribution is -0.132. The van der Waals surface area contributed by atoms with Gasteiger partial charge in [0.15, 0.2) is 0 Å². The summed E-state index contributed by atoms with van der Waals surface area (Å²) in [6, 6.07) is 7.73. The Morgan fingerprint density at radius 1 is 1.12 bits per heavy atom. The number of piperazine rings is 1. The minimum Gasteiger partial charge on any atom is -0.450 e. The van der Waals surface area contributed by atoms with Crippen LogP contribution in [0.1, 0.15) is 19.8 Å². The first-order valence-corrected chi connectivity index (χ1v) is 9.54. The molecule has 132 valence electrons. The van der Waals surface area contributed by atoms with Crippen molar-refractivity contribution in [3.63, 3.8) is 0 Å². The van der Waals surface area contributed by atoms with Crippen molar-refractivity contribution >= 4 is 35.4 Å². The summed E-state index contributed by atoms with van der Waals surface area (Å²) in [7, 11) is 0. The van der Waals surface area contributed by atoms with Crippen LogP contribution in [0.15, 0.2) is 29.2 Å². The summed E-state index contributed by atoms with van der Waals surface area (Å²) in [5.41, 5.74) is 0. The van der Waals surface area contributed by atoms with Gasteiger partial charge < -0.3 is 14.5 Å². The minimum absolute atomic E-state index is 0.162. The van der Waals surface area contributed by atoms with E-state index in [0.717, 1.165) is 22.1 Å². The zero-order valence-electron chi connectivity index (χ0n) is 13.9. The zero-order valence-corrected chi connectivity index (χ0v) is 15.4. The molecule has 7 heteroatoms. The number of carbonyl (C=O) groups excluding carboxylic acids is 2. The molecule has 2 amide bonds. The second kappa shape index (κ2) is 9.79. The first kappa shape index (κ1) is 18.9. The van der Waals surface area contributed by atoms with Crippen LogP contribution in [0.25, 0.3) is 0 Å². The Morgan fingerprint density at radius 2 is 1.75 bits per heavy atom. The standard InChI is InChI=1S/C17H23ClN2O3S/c1-2-23-17(22)20-11-9-19(10-12-20)16(21)4-3-13-24-15-7-5-14(18)6-8-15/h5-8H,2-4,9-13H2,1H3. The van der Waals surface area contributed by atoms with Crippen molar-refractivity contribution < 1.29 is 14.3 Å². The maximum absolute atomic E-state index is 12.2. The van der Waals surface area contributed by atoms with Crippen molar-refractivity contribution in [2.75, 3.05) is 38.5 Å². The van der Waals surface area contributed by atoms with Gasteiger partial charge in [-0.15, -0.1) is 11.8 Å². The highest BCUT2D eigenvalue weighted by Crippen LogP contribution is 2.21. The van der Waals surface area contributed by atoms with Crippen LogP contribution in [-0.4, -0.2) is 60.3 Å². The fraction of sp³-hybridized carbons (Fsp3) is 0.529. The summed E-state index contributed by atoms with van der Waals surface area (Å²) in [5.74, 6) is 1.06. The van der Waals surface area contributed by atoms with Gasteiger partial charge in [-0.3, -0.25) is 4.79 Å². The largest absolute Gasteiger partial charge is 0.450 e. The molecule has 1 aromatic rings. The molecule has 5 nitrogen and oxygen atoms in total. The number of halogens is 1. The van der Waals surface area contributed by atoms with Crippen molar-refractivity contribution in [1.82, 2.24) is 9.80 Å². The fourth-order valence-corrected chi connectivity index (χ4v) is 3.43. The molecular formula is C17H23ClN2O3S. The van der Waals surface area contributed by atoms with E-state index in [9.17, 15) is 9.59 Å². The Labute approximate surface area is 152 Å². The molecule has 1 aromatic carbocycles. The summed E-state index contributed by atoms with van der Waals surface area (Å²) < 4.78 is 4.98. The van der Waals surface area contributed by atoms with Crippen molar-refractivity contribution in [3.8, 4) is 0 Å². The lowest BCUT2D eigenvalue weighted by Gasteiger charge is -2.34. The third kappa shape index (κ3) is 5.91. The number of amides is 2. The lowest BCUT2D eigenvalue weighted by atomic mass is 10.2. The lowest BCUT2D eigenvalue weighted by Crippen LogP contribution is -2.50. The van der Waals surface area contributed by atoms with Crippen LogP contribution in [0, 0.1) is 0 Å². The van der Waals surface area contributed by atoms with E-state index in [4.69, 9.17) is 16.3 Å². The van der Waals surface area contributed by atoms with E-state index >= 15 is 0 Å². The number of benzene rings is 1. The highest BCUT2D eigenvalue weighted by molar-refractivity contribution is 7.99. The second-order valence-electron chi connectivity index (χ2n) is 5.47. The van der Waals surface area contributed by atoms with Crippen molar-refractivity contribution in [3.05, 3.63) is 29.3 Å². The van der Waals surface area contributed by atoms with Crippen LogP contribution in [0.4, 0.5) is 4.79 Å². The highest BCUT2D eigenvalue weighted by atomic mass is 35.5. The summed E-state index contributed by atoms with van der Waals surface area (Å²) in [4.78, 5) is 28.5. The van der Waals surface area contributed by atoms with Crippen LogP contribution in [0.3, 0.4) is 0 Å². The van der Waals surface area contributed by atoms with E-state index in [1.165, 1.54) is 0 Å². The van der Waals surface area contributed by atoms with Gasteiger partial charge in [-0.25, -0.2) is 4.79 Å². The SMILES string of the molecule is CCOC(=O)N1CCN(C(=O)CCCSc2ccc(Cl)cc2)CC1. The van der Waals surface area contributed by atoms with E-state index in [1.54, 1.807) is 23.6 Å². The van der Waals surface area contributed by atoms with Crippen LogP contribution in [0.5, 0.6) is 0 Å². The second-order valence-corrected chi connectivity index (χ2v) is 7.08. The monoisotopic (exact) mass is 370 g/mol. The molecule has 1 fully saturated rings. The summed E-state index contributed by atoms with van der Waals surface area (Å²) in [5, 5.41) is 0.733. The fourth-order valence-electron chi connectivity index (χ4n) is 2.46. The summed E-state index contributed by atoms with van der Waals surface area (Å²) in [6.07, 6.45) is 1.09. The Balaban J connectivity index is 1.63. The first-order valence-electron chi connectivity index (χ1n) is 8.18. The van der Waals surface area contributed by atoms with Crippen LogP contribution in [-0.2, 0) is 9.53 Å². The number of hydrogen-bond acceptors (Lipinski definition) is 4. The molecule has 2 rings (SSSR count). The Kier molecular flexibility index (Phi) is 7.72. The molecular weight excluding hydrogens is 348 g/mol. The number of hydrogen-bond donors (Lipinski definition) is 0. The molecule has 1 aliphatic rings. The van der Waals surface area contributed by atoms with Gasteiger partial charge in [-0.05, 0) is 43.4 Å². The molecule has 0 N–H and O–H groups in total. The average Bonchev–Trinajstić information content (AvgIpc) is 2.60. The van der Waals surface area contributed by atoms with E-state index in [1.807, 2.05) is 29.2 Å². The van der Waals surface area contributed by atoms with E-state index < -0.39 is 0 Å².